The van der Waals surface area contributed by atoms with Crippen LogP contribution >= 0.6 is 0 Å². The Morgan fingerprint density at radius 1 is 1.00 bits per heavy atom. The number of esters is 1. The summed E-state index contributed by atoms with van der Waals surface area (Å²) in [6.07, 6.45) is 0.784. The van der Waals surface area contributed by atoms with Crippen molar-refractivity contribution in [2.24, 2.45) is 0 Å². The fourth-order valence-electron chi connectivity index (χ4n) is 1.89. The van der Waals surface area contributed by atoms with E-state index in [4.69, 9.17) is 9.47 Å². The Morgan fingerprint density at radius 3 is 2.00 bits per heavy atom. The third-order valence-electron chi connectivity index (χ3n) is 3.19. The van der Waals surface area contributed by atoms with Gasteiger partial charge in [-0.1, -0.05) is 12.1 Å². The van der Waals surface area contributed by atoms with Gasteiger partial charge in [0.25, 0.3) is 0 Å². The third-order valence-corrected chi connectivity index (χ3v) is 3.19. The zero-order chi connectivity index (χ0) is 15.2. The molecular formula is C17H16O4. The lowest BCUT2D eigenvalue weighted by Crippen LogP contribution is -2.10. The van der Waals surface area contributed by atoms with Crippen LogP contribution < -0.4 is 4.74 Å². The summed E-state index contributed by atoms with van der Waals surface area (Å²) in [5, 5.41) is 0. The van der Waals surface area contributed by atoms with Crippen molar-refractivity contribution < 1.29 is 19.1 Å². The molecule has 0 N–H and O–H groups in total. The molecule has 4 heteroatoms. The highest BCUT2D eigenvalue weighted by Gasteiger charge is 2.15. The van der Waals surface area contributed by atoms with Crippen LogP contribution in [0.3, 0.4) is 0 Å². The Balaban J connectivity index is 2.08. The summed E-state index contributed by atoms with van der Waals surface area (Å²) in [5.74, 6) is 0.730. The van der Waals surface area contributed by atoms with E-state index < -0.39 is 0 Å². The van der Waals surface area contributed by atoms with Gasteiger partial charge in [-0.05, 0) is 48.9 Å². The molecule has 0 saturated heterocycles. The number of rotatable bonds is 5. The number of ether oxygens (including phenoxy) is 2. The van der Waals surface area contributed by atoms with Gasteiger partial charge in [-0.3, -0.25) is 9.59 Å². The van der Waals surface area contributed by atoms with Crippen LogP contribution in [-0.2, 0) is 9.53 Å². The smallest absolute Gasteiger partial charge is 0.312 e. The van der Waals surface area contributed by atoms with Crippen molar-refractivity contribution in [3.63, 3.8) is 0 Å². The van der Waals surface area contributed by atoms with Gasteiger partial charge >= 0.3 is 5.97 Å². The molecule has 0 bridgehead atoms. The van der Waals surface area contributed by atoms with Crippen LogP contribution in [0.1, 0.15) is 28.8 Å². The quantitative estimate of drug-likeness (QED) is 0.622. The molecule has 2 aromatic rings. The molecule has 0 aromatic heterocycles. The van der Waals surface area contributed by atoms with Crippen molar-refractivity contribution in [1.29, 1.82) is 0 Å². The summed E-state index contributed by atoms with van der Waals surface area (Å²) < 4.78 is 10.4. The Hall–Kier alpha value is -2.62. The minimum Gasteiger partial charge on any atom is -0.469 e. The summed E-state index contributed by atoms with van der Waals surface area (Å²) in [5.41, 5.74) is 1.47. The molecule has 0 aliphatic heterocycles. The van der Waals surface area contributed by atoms with Crippen molar-refractivity contribution in [3.8, 4) is 11.5 Å². The standard InChI is InChI=1S/C17H16O4/c1-12(17(19)20-2)14-5-9-16(10-6-14)21-15-7-3-13(11-18)4-8-15/h3-12H,1-2H3. The number of carbonyl (C=O) groups is 2. The second-order valence-electron chi connectivity index (χ2n) is 4.60. The van der Waals surface area contributed by atoms with Gasteiger partial charge in [0.1, 0.15) is 17.8 Å². The first-order valence-electron chi connectivity index (χ1n) is 6.55. The van der Waals surface area contributed by atoms with E-state index in [-0.39, 0.29) is 11.9 Å². The van der Waals surface area contributed by atoms with E-state index >= 15 is 0 Å². The number of carbonyl (C=O) groups excluding carboxylic acids is 2. The molecule has 0 radical (unpaired) electrons. The largest absolute Gasteiger partial charge is 0.469 e. The molecule has 1 unspecified atom stereocenters. The van der Waals surface area contributed by atoms with Crippen LogP contribution in [0.5, 0.6) is 11.5 Å². The molecule has 1 atom stereocenters. The maximum Gasteiger partial charge on any atom is 0.312 e. The third kappa shape index (κ3) is 3.69. The van der Waals surface area contributed by atoms with E-state index in [2.05, 4.69) is 0 Å². The fraction of sp³-hybridized carbons (Fsp3) is 0.176. The second-order valence-corrected chi connectivity index (χ2v) is 4.60. The number of aldehydes is 1. The van der Waals surface area contributed by atoms with E-state index in [1.54, 1.807) is 43.3 Å². The average Bonchev–Trinajstić information content (AvgIpc) is 2.55. The number of hydrogen-bond acceptors (Lipinski definition) is 4. The van der Waals surface area contributed by atoms with Crippen LogP contribution in [-0.4, -0.2) is 19.4 Å². The highest BCUT2D eigenvalue weighted by atomic mass is 16.5. The molecule has 21 heavy (non-hydrogen) atoms. The van der Waals surface area contributed by atoms with E-state index in [0.29, 0.717) is 17.1 Å². The average molecular weight is 284 g/mol. The second kappa shape index (κ2) is 6.70. The van der Waals surface area contributed by atoms with Crippen molar-refractivity contribution in [2.75, 3.05) is 7.11 Å². The van der Waals surface area contributed by atoms with Gasteiger partial charge < -0.3 is 9.47 Å². The van der Waals surface area contributed by atoms with E-state index in [1.807, 2.05) is 12.1 Å². The van der Waals surface area contributed by atoms with Gasteiger partial charge in [0.05, 0.1) is 13.0 Å². The number of methoxy groups -OCH3 is 1. The Bertz CT molecular complexity index is 614. The first kappa shape index (κ1) is 14.8. The van der Waals surface area contributed by atoms with Crippen molar-refractivity contribution in [1.82, 2.24) is 0 Å². The zero-order valence-corrected chi connectivity index (χ0v) is 11.9. The maximum atomic E-state index is 11.5. The normalized spacial score (nSPS) is 11.5. The monoisotopic (exact) mass is 284 g/mol. The minimum absolute atomic E-state index is 0.270. The molecule has 0 heterocycles. The molecule has 2 rings (SSSR count). The lowest BCUT2D eigenvalue weighted by atomic mass is 10.0. The van der Waals surface area contributed by atoms with Crippen LogP contribution in [0.4, 0.5) is 0 Å². The van der Waals surface area contributed by atoms with Crippen molar-refractivity contribution in [2.45, 2.75) is 12.8 Å². The lowest BCUT2D eigenvalue weighted by Gasteiger charge is -2.11. The van der Waals surface area contributed by atoms with Gasteiger partial charge in [0, 0.05) is 5.56 Å². The molecule has 2 aromatic carbocycles. The van der Waals surface area contributed by atoms with E-state index in [0.717, 1.165) is 11.8 Å². The van der Waals surface area contributed by atoms with Gasteiger partial charge in [-0.15, -0.1) is 0 Å². The van der Waals surface area contributed by atoms with Gasteiger partial charge in [-0.2, -0.15) is 0 Å². The molecule has 0 aliphatic rings. The van der Waals surface area contributed by atoms with E-state index in [1.165, 1.54) is 7.11 Å². The molecule has 0 saturated carbocycles. The predicted molar refractivity (Wildman–Crippen MR) is 78.8 cm³/mol. The van der Waals surface area contributed by atoms with E-state index in [9.17, 15) is 9.59 Å². The molecule has 4 nitrogen and oxygen atoms in total. The van der Waals surface area contributed by atoms with Gasteiger partial charge in [0.15, 0.2) is 0 Å². The van der Waals surface area contributed by atoms with Gasteiger partial charge in [0.2, 0.25) is 0 Å². The molecule has 0 aliphatic carbocycles. The topological polar surface area (TPSA) is 52.6 Å². The molecule has 0 amide bonds. The van der Waals surface area contributed by atoms with Crippen LogP contribution in [0.25, 0.3) is 0 Å². The molecule has 0 spiro atoms. The van der Waals surface area contributed by atoms with Crippen LogP contribution in [0, 0.1) is 0 Å². The summed E-state index contributed by atoms with van der Waals surface area (Å²) in [7, 11) is 1.37. The Kier molecular flexibility index (Phi) is 4.72. The van der Waals surface area contributed by atoms with Gasteiger partial charge in [-0.25, -0.2) is 0 Å². The van der Waals surface area contributed by atoms with Crippen LogP contribution in [0.2, 0.25) is 0 Å². The zero-order valence-electron chi connectivity index (χ0n) is 11.9. The van der Waals surface area contributed by atoms with Crippen molar-refractivity contribution in [3.05, 3.63) is 59.7 Å². The van der Waals surface area contributed by atoms with Crippen LogP contribution in [0.15, 0.2) is 48.5 Å². The fourth-order valence-corrected chi connectivity index (χ4v) is 1.89. The summed E-state index contributed by atoms with van der Waals surface area (Å²) in [6.45, 7) is 1.79. The predicted octanol–water partition coefficient (Wildman–Crippen LogP) is 3.57. The lowest BCUT2D eigenvalue weighted by molar-refractivity contribution is -0.141. The number of benzene rings is 2. The number of hydrogen-bond donors (Lipinski definition) is 0. The summed E-state index contributed by atoms with van der Waals surface area (Å²) >= 11 is 0. The highest BCUT2D eigenvalue weighted by molar-refractivity contribution is 5.77. The highest BCUT2D eigenvalue weighted by Crippen LogP contribution is 2.24. The first-order valence-corrected chi connectivity index (χ1v) is 6.55. The Labute approximate surface area is 123 Å². The first-order chi connectivity index (χ1) is 10.1. The summed E-state index contributed by atoms with van der Waals surface area (Å²) in [4.78, 5) is 22.0. The molecule has 108 valence electrons. The molecule has 0 fully saturated rings. The minimum atomic E-state index is -0.309. The molecular weight excluding hydrogens is 268 g/mol. The maximum absolute atomic E-state index is 11.5. The summed E-state index contributed by atoms with van der Waals surface area (Å²) in [6, 6.07) is 14.1. The Morgan fingerprint density at radius 2 is 1.52 bits per heavy atom. The SMILES string of the molecule is COC(=O)C(C)c1ccc(Oc2ccc(C=O)cc2)cc1. The van der Waals surface area contributed by atoms with Crippen molar-refractivity contribution >= 4 is 12.3 Å².